The standard InChI is InChI=1S/C13H17NO4/c1-18-9-4-5-10(11(15)6-9)13(17)14-7-12(16)8-2-3-8/h4-6,8,12,15-16H,2-3,7H2,1H3,(H,14,17). The lowest BCUT2D eigenvalue weighted by Crippen LogP contribution is -2.33. The van der Waals surface area contributed by atoms with Crippen molar-refractivity contribution in [1.82, 2.24) is 5.32 Å². The van der Waals surface area contributed by atoms with E-state index in [1.807, 2.05) is 0 Å². The molecule has 0 aromatic heterocycles. The summed E-state index contributed by atoms with van der Waals surface area (Å²) in [4.78, 5) is 11.8. The molecule has 18 heavy (non-hydrogen) atoms. The third-order valence-corrected chi connectivity index (χ3v) is 3.09. The van der Waals surface area contributed by atoms with Crippen LogP contribution in [0.5, 0.6) is 11.5 Å². The van der Waals surface area contributed by atoms with Crippen LogP contribution in [0.15, 0.2) is 18.2 Å². The SMILES string of the molecule is COc1ccc(C(=O)NCC(O)C2CC2)c(O)c1. The van der Waals surface area contributed by atoms with Crippen molar-refractivity contribution in [3.63, 3.8) is 0 Å². The quantitative estimate of drug-likeness (QED) is 0.726. The number of amides is 1. The monoisotopic (exact) mass is 251 g/mol. The molecule has 0 bridgehead atoms. The zero-order valence-electron chi connectivity index (χ0n) is 10.2. The Morgan fingerprint density at radius 1 is 1.56 bits per heavy atom. The van der Waals surface area contributed by atoms with Crippen molar-refractivity contribution in [2.75, 3.05) is 13.7 Å². The molecule has 3 N–H and O–H groups in total. The Morgan fingerprint density at radius 3 is 2.83 bits per heavy atom. The summed E-state index contributed by atoms with van der Waals surface area (Å²) in [7, 11) is 1.49. The van der Waals surface area contributed by atoms with Gasteiger partial charge in [0.15, 0.2) is 0 Å². The van der Waals surface area contributed by atoms with Crippen molar-refractivity contribution in [2.24, 2.45) is 5.92 Å². The fraction of sp³-hybridized carbons (Fsp3) is 0.462. The highest BCUT2D eigenvalue weighted by molar-refractivity contribution is 5.97. The molecule has 1 saturated carbocycles. The van der Waals surface area contributed by atoms with Crippen LogP contribution in [0.4, 0.5) is 0 Å². The molecule has 5 heteroatoms. The second kappa shape index (κ2) is 5.27. The molecule has 1 atom stereocenters. The highest BCUT2D eigenvalue weighted by Gasteiger charge is 2.29. The molecular weight excluding hydrogens is 234 g/mol. The van der Waals surface area contributed by atoms with Gasteiger partial charge >= 0.3 is 0 Å². The van der Waals surface area contributed by atoms with Crippen molar-refractivity contribution < 1.29 is 19.7 Å². The van der Waals surface area contributed by atoms with E-state index in [1.54, 1.807) is 6.07 Å². The molecule has 0 saturated heterocycles. The summed E-state index contributed by atoms with van der Waals surface area (Å²) in [5.41, 5.74) is 0.179. The minimum atomic E-state index is -0.491. The highest BCUT2D eigenvalue weighted by Crippen LogP contribution is 2.32. The Kier molecular flexibility index (Phi) is 3.72. The average molecular weight is 251 g/mol. The number of carbonyl (C=O) groups excluding carboxylic acids is 1. The predicted octanol–water partition coefficient (Wildman–Crippen LogP) is 0.901. The molecule has 1 fully saturated rings. The average Bonchev–Trinajstić information content (AvgIpc) is 3.19. The summed E-state index contributed by atoms with van der Waals surface area (Å²) in [5, 5.41) is 21.9. The van der Waals surface area contributed by atoms with Crippen LogP contribution in [0.1, 0.15) is 23.2 Å². The molecule has 1 amide bonds. The second-order valence-corrected chi connectivity index (χ2v) is 4.50. The Hall–Kier alpha value is -1.75. The van der Waals surface area contributed by atoms with Crippen LogP contribution >= 0.6 is 0 Å². The molecule has 0 heterocycles. The van der Waals surface area contributed by atoms with Crippen molar-refractivity contribution in [3.05, 3.63) is 23.8 Å². The third-order valence-electron chi connectivity index (χ3n) is 3.09. The first kappa shape index (κ1) is 12.7. The maximum absolute atomic E-state index is 11.8. The normalized spacial score (nSPS) is 16.1. The molecule has 5 nitrogen and oxygen atoms in total. The number of aliphatic hydroxyl groups is 1. The summed E-state index contributed by atoms with van der Waals surface area (Å²) in [6, 6.07) is 4.48. The number of aromatic hydroxyl groups is 1. The second-order valence-electron chi connectivity index (χ2n) is 4.50. The van der Waals surface area contributed by atoms with Gasteiger partial charge in [0.1, 0.15) is 11.5 Å². The summed E-state index contributed by atoms with van der Waals surface area (Å²) in [5.74, 6) is 0.277. The van der Waals surface area contributed by atoms with Gasteiger partial charge in [-0.3, -0.25) is 4.79 Å². The van der Waals surface area contributed by atoms with E-state index in [9.17, 15) is 15.0 Å². The summed E-state index contributed by atoms with van der Waals surface area (Å²) < 4.78 is 4.94. The number of phenolic OH excluding ortho intramolecular Hbond substituents is 1. The van der Waals surface area contributed by atoms with E-state index in [-0.39, 0.29) is 17.9 Å². The largest absolute Gasteiger partial charge is 0.507 e. The zero-order chi connectivity index (χ0) is 13.1. The van der Waals surface area contributed by atoms with Gasteiger partial charge in [0.2, 0.25) is 0 Å². The van der Waals surface area contributed by atoms with E-state index in [4.69, 9.17) is 4.74 Å². The number of hydrogen-bond donors (Lipinski definition) is 3. The van der Waals surface area contributed by atoms with Gasteiger partial charge < -0.3 is 20.3 Å². The summed E-state index contributed by atoms with van der Waals surface area (Å²) in [6.07, 6.45) is 1.55. The smallest absolute Gasteiger partial charge is 0.255 e. The van der Waals surface area contributed by atoms with Gasteiger partial charge in [0.25, 0.3) is 5.91 Å². The van der Waals surface area contributed by atoms with Crippen LogP contribution < -0.4 is 10.1 Å². The van der Waals surface area contributed by atoms with Crippen LogP contribution in [0.2, 0.25) is 0 Å². The van der Waals surface area contributed by atoms with Crippen molar-refractivity contribution >= 4 is 5.91 Å². The van der Waals surface area contributed by atoms with E-state index in [2.05, 4.69) is 5.32 Å². The molecule has 1 aromatic rings. The molecule has 2 rings (SSSR count). The molecule has 1 aliphatic rings. The fourth-order valence-corrected chi connectivity index (χ4v) is 1.77. The summed E-state index contributed by atoms with van der Waals surface area (Å²) >= 11 is 0. The van der Waals surface area contributed by atoms with Crippen molar-refractivity contribution in [2.45, 2.75) is 18.9 Å². The number of benzene rings is 1. The number of rotatable bonds is 5. The van der Waals surface area contributed by atoms with Crippen molar-refractivity contribution in [3.8, 4) is 11.5 Å². The van der Waals surface area contributed by atoms with E-state index in [0.29, 0.717) is 11.7 Å². The minimum absolute atomic E-state index is 0.132. The molecular formula is C13H17NO4. The van der Waals surface area contributed by atoms with Crippen LogP contribution in [-0.2, 0) is 0 Å². The van der Waals surface area contributed by atoms with Gasteiger partial charge in [-0.25, -0.2) is 0 Å². The van der Waals surface area contributed by atoms with E-state index in [1.165, 1.54) is 19.2 Å². The number of aliphatic hydroxyl groups excluding tert-OH is 1. The predicted molar refractivity (Wildman–Crippen MR) is 65.7 cm³/mol. The van der Waals surface area contributed by atoms with Crippen LogP contribution in [0.25, 0.3) is 0 Å². The van der Waals surface area contributed by atoms with Gasteiger partial charge in [-0.1, -0.05) is 0 Å². The van der Waals surface area contributed by atoms with Crippen molar-refractivity contribution in [1.29, 1.82) is 0 Å². The van der Waals surface area contributed by atoms with Gasteiger partial charge in [0.05, 0.1) is 18.8 Å². The maximum Gasteiger partial charge on any atom is 0.255 e. The minimum Gasteiger partial charge on any atom is -0.507 e. The lowest BCUT2D eigenvalue weighted by atomic mass is 10.1. The van der Waals surface area contributed by atoms with Gasteiger partial charge in [-0.2, -0.15) is 0 Å². The molecule has 1 aromatic carbocycles. The van der Waals surface area contributed by atoms with E-state index in [0.717, 1.165) is 12.8 Å². The van der Waals surface area contributed by atoms with Gasteiger partial charge in [-0.05, 0) is 30.9 Å². The number of nitrogens with one attached hydrogen (secondary N) is 1. The van der Waals surface area contributed by atoms with Crippen LogP contribution in [0, 0.1) is 5.92 Å². The zero-order valence-corrected chi connectivity index (χ0v) is 10.2. The Bertz CT molecular complexity index is 443. The Balaban J connectivity index is 1.95. The summed E-state index contributed by atoms with van der Waals surface area (Å²) in [6.45, 7) is 0.217. The highest BCUT2D eigenvalue weighted by atomic mass is 16.5. The molecule has 0 radical (unpaired) electrons. The fourth-order valence-electron chi connectivity index (χ4n) is 1.77. The number of carbonyl (C=O) groups is 1. The topological polar surface area (TPSA) is 78.8 Å². The lowest BCUT2D eigenvalue weighted by Gasteiger charge is -2.11. The first-order chi connectivity index (χ1) is 8.61. The van der Waals surface area contributed by atoms with Crippen LogP contribution in [0.3, 0.4) is 0 Å². The van der Waals surface area contributed by atoms with Gasteiger partial charge in [-0.15, -0.1) is 0 Å². The number of methoxy groups -OCH3 is 1. The molecule has 0 aliphatic heterocycles. The molecule has 1 unspecified atom stereocenters. The molecule has 0 spiro atoms. The third kappa shape index (κ3) is 2.92. The van der Waals surface area contributed by atoms with Gasteiger partial charge in [0, 0.05) is 12.6 Å². The number of phenols is 1. The van der Waals surface area contributed by atoms with Crippen LogP contribution in [-0.4, -0.2) is 35.9 Å². The molecule has 98 valence electrons. The maximum atomic E-state index is 11.8. The number of hydrogen-bond acceptors (Lipinski definition) is 4. The Morgan fingerprint density at radius 2 is 2.28 bits per heavy atom. The number of ether oxygens (including phenoxy) is 1. The Labute approximate surface area is 105 Å². The first-order valence-corrected chi connectivity index (χ1v) is 5.95. The molecule has 1 aliphatic carbocycles. The van der Waals surface area contributed by atoms with E-state index >= 15 is 0 Å². The van der Waals surface area contributed by atoms with E-state index < -0.39 is 12.0 Å². The lowest BCUT2D eigenvalue weighted by molar-refractivity contribution is 0.0898. The first-order valence-electron chi connectivity index (χ1n) is 5.95.